The van der Waals surface area contributed by atoms with Crippen molar-refractivity contribution in [3.05, 3.63) is 0 Å². The van der Waals surface area contributed by atoms with Crippen molar-refractivity contribution in [1.82, 2.24) is 0 Å². The number of carbonyl (C=O) groups excluding carboxylic acids is 2. The molecule has 1 saturated carbocycles. The predicted molar refractivity (Wildman–Crippen MR) is 63.3 cm³/mol. The van der Waals surface area contributed by atoms with E-state index in [1.165, 1.54) is 0 Å². The van der Waals surface area contributed by atoms with Gasteiger partial charge in [0.15, 0.2) is 0 Å². The minimum Gasteiger partial charge on any atom is -0.466 e. The van der Waals surface area contributed by atoms with Gasteiger partial charge in [-0.1, -0.05) is 6.92 Å². The van der Waals surface area contributed by atoms with Crippen LogP contribution in [0.25, 0.3) is 0 Å². The zero-order valence-corrected chi connectivity index (χ0v) is 10.9. The highest BCUT2D eigenvalue weighted by Crippen LogP contribution is 2.35. The summed E-state index contributed by atoms with van der Waals surface area (Å²) in [6, 6.07) is 0. The molecule has 17 heavy (non-hydrogen) atoms. The fourth-order valence-electron chi connectivity index (χ4n) is 2.42. The summed E-state index contributed by atoms with van der Waals surface area (Å²) in [5.41, 5.74) is 0. The molecule has 0 saturated heterocycles. The highest BCUT2D eigenvalue weighted by molar-refractivity contribution is 5.82. The second-order valence-electron chi connectivity index (χ2n) is 4.64. The van der Waals surface area contributed by atoms with Gasteiger partial charge in [0.2, 0.25) is 0 Å². The molecule has 1 rings (SSSR count). The van der Waals surface area contributed by atoms with E-state index in [1.54, 1.807) is 13.8 Å². The molecule has 1 fully saturated rings. The van der Waals surface area contributed by atoms with Crippen molar-refractivity contribution < 1.29 is 19.1 Å². The molecule has 2 unspecified atom stereocenters. The zero-order chi connectivity index (χ0) is 12.8. The smallest absolute Gasteiger partial charge is 0.309 e. The Morgan fingerprint density at radius 2 is 1.53 bits per heavy atom. The summed E-state index contributed by atoms with van der Waals surface area (Å²) in [7, 11) is 0. The molecule has 0 bridgehead atoms. The first-order valence-corrected chi connectivity index (χ1v) is 6.43. The molecule has 1 aliphatic carbocycles. The van der Waals surface area contributed by atoms with E-state index in [0.717, 1.165) is 19.3 Å². The van der Waals surface area contributed by atoms with Gasteiger partial charge in [-0.25, -0.2) is 0 Å². The van der Waals surface area contributed by atoms with Gasteiger partial charge < -0.3 is 9.47 Å². The van der Waals surface area contributed by atoms with Crippen LogP contribution in [0.4, 0.5) is 0 Å². The SMILES string of the molecule is CCOC(=O)C1CC(C)CC[C@H]1C(=O)OCC. The van der Waals surface area contributed by atoms with Gasteiger partial charge in [-0.05, 0) is 39.0 Å². The fourth-order valence-corrected chi connectivity index (χ4v) is 2.42. The van der Waals surface area contributed by atoms with E-state index >= 15 is 0 Å². The number of ether oxygens (including phenoxy) is 2. The Bertz CT molecular complexity index is 275. The summed E-state index contributed by atoms with van der Waals surface area (Å²) in [5.74, 6) is -0.674. The third-order valence-corrected chi connectivity index (χ3v) is 3.29. The standard InChI is InChI=1S/C13H22O4/c1-4-16-12(14)10-7-6-9(3)8-11(10)13(15)17-5-2/h9-11H,4-8H2,1-3H3/t9?,10-,11?/m1/s1. The van der Waals surface area contributed by atoms with Crippen molar-refractivity contribution in [3.63, 3.8) is 0 Å². The van der Waals surface area contributed by atoms with E-state index in [-0.39, 0.29) is 23.8 Å². The lowest BCUT2D eigenvalue weighted by molar-refractivity contribution is -0.163. The Morgan fingerprint density at radius 1 is 1.00 bits per heavy atom. The van der Waals surface area contributed by atoms with Crippen LogP contribution in [0.1, 0.15) is 40.0 Å². The molecule has 0 radical (unpaired) electrons. The summed E-state index contributed by atoms with van der Waals surface area (Å²) in [4.78, 5) is 23.6. The topological polar surface area (TPSA) is 52.6 Å². The lowest BCUT2D eigenvalue weighted by Crippen LogP contribution is -2.37. The van der Waals surface area contributed by atoms with Crippen molar-refractivity contribution in [2.24, 2.45) is 17.8 Å². The molecule has 0 aliphatic heterocycles. The summed E-state index contributed by atoms with van der Waals surface area (Å²) in [5, 5.41) is 0. The third-order valence-electron chi connectivity index (χ3n) is 3.29. The van der Waals surface area contributed by atoms with Gasteiger partial charge >= 0.3 is 11.9 Å². The zero-order valence-electron chi connectivity index (χ0n) is 10.9. The van der Waals surface area contributed by atoms with Crippen LogP contribution in [-0.2, 0) is 19.1 Å². The lowest BCUT2D eigenvalue weighted by atomic mass is 9.74. The van der Waals surface area contributed by atoms with Gasteiger partial charge in [-0.2, -0.15) is 0 Å². The molecule has 1 aliphatic rings. The first-order valence-electron chi connectivity index (χ1n) is 6.43. The van der Waals surface area contributed by atoms with Crippen molar-refractivity contribution in [1.29, 1.82) is 0 Å². The monoisotopic (exact) mass is 242 g/mol. The fraction of sp³-hybridized carbons (Fsp3) is 0.846. The van der Waals surface area contributed by atoms with Gasteiger partial charge in [0, 0.05) is 0 Å². The van der Waals surface area contributed by atoms with Crippen LogP contribution >= 0.6 is 0 Å². The maximum absolute atomic E-state index is 11.8. The summed E-state index contributed by atoms with van der Waals surface area (Å²) < 4.78 is 10.1. The average Bonchev–Trinajstić information content (AvgIpc) is 2.29. The van der Waals surface area contributed by atoms with E-state index in [4.69, 9.17) is 9.47 Å². The normalized spacial score (nSPS) is 28.5. The number of esters is 2. The molecule has 0 N–H and O–H groups in total. The molecular weight excluding hydrogens is 220 g/mol. The van der Waals surface area contributed by atoms with Gasteiger partial charge in [0.05, 0.1) is 25.0 Å². The molecular formula is C13H22O4. The van der Waals surface area contributed by atoms with E-state index in [9.17, 15) is 9.59 Å². The molecule has 0 aromatic rings. The summed E-state index contributed by atoms with van der Waals surface area (Å²) >= 11 is 0. The van der Waals surface area contributed by atoms with Crippen molar-refractivity contribution in [2.75, 3.05) is 13.2 Å². The molecule has 4 nitrogen and oxygen atoms in total. The van der Waals surface area contributed by atoms with E-state index < -0.39 is 0 Å². The van der Waals surface area contributed by atoms with Gasteiger partial charge in [0.1, 0.15) is 0 Å². The molecule has 98 valence electrons. The highest BCUT2D eigenvalue weighted by Gasteiger charge is 2.39. The van der Waals surface area contributed by atoms with Crippen LogP contribution in [0.5, 0.6) is 0 Å². The van der Waals surface area contributed by atoms with Crippen LogP contribution in [0.3, 0.4) is 0 Å². The number of carbonyl (C=O) groups is 2. The largest absolute Gasteiger partial charge is 0.466 e. The Labute approximate surface area is 103 Å². The molecule has 0 heterocycles. The van der Waals surface area contributed by atoms with E-state index in [0.29, 0.717) is 19.1 Å². The Hall–Kier alpha value is -1.06. The van der Waals surface area contributed by atoms with E-state index in [2.05, 4.69) is 6.92 Å². The number of hydrogen-bond acceptors (Lipinski definition) is 4. The highest BCUT2D eigenvalue weighted by atomic mass is 16.5. The second kappa shape index (κ2) is 6.62. The third kappa shape index (κ3) is 3.72. The van der Waals surface area contributed by atoms with Gasteiger partial charge in [0.25, 0.3) is 0 Å². The Balaban J connectivity index is 2.70. The summed E-state index contributed by atoms with van der Waals surface area (Å²) in [6.45, 7) is 6.39. The number of rotatable bonds is 4. The predicted octanol–water partition coefficient (Wildman–Crippen LogP) is 2.17. The average molecular weight is 242 g/mol. The van der Waals surface area contributed by atoms with Crippen LogP contribution in [0, 0.1) is 17.8 Å². The maximum atomic E-state index is 11.8. The van der Waals surface area contributed by atoms with Crippen LogP contribution in [-0.4, -0.2) is 25.2 Å². The Kier molecular flexibility index (Phi) is 5.45. The maximum Gasteiger partial charge on any atom is 0.309 e. The van der Waals surface area contributed by atoms with Crippen LogP contribution < -0.4 is 0 Å². The summed E-state index contributed by atoms with van der Waals surface area (Å²) in [6.07, 6.45) is 2.42. The molecule has 0 aromatic carbocycles. The van der Waals surface area contributed by atoms with Crippen molar-refractivity contribution in [3.8, 4) is 0 Å². The molecule has 0 spiro atoms. The van der Waals surface area contributed by atoms with E-state index in [1.807, 2.05) is 0 Å². The van der Waals surface area contributed by atoms with Gasteiger partial charge in [-0.15, -0.1) is 0 Å². The van der Waals surface area contributed by atoms with Gasteiger partial charge in [-0.3, -0.25) is 9.59 Å². The molecule has 3 atom stereocenters. The van der Waals surface area contributed by atoms with Crippen molar-refractivity contribution >= 4 is 11.9 Å². The van der Waals surface area contributed by atoms with Crippen LogP contribution in [0.15, 0.2) is 0 Å². The number of hydrogen-bond donors (Lipinski definition) is 0. The Morgan fingerprint density at radius 3 is 2.06 bits per heavy atom. The van der Waals surface area contributed by atoms with Crippen molar-refractivity contribution in [2.45, 2.75) is 40.0 Å². The molecule has 4 heteroatoms. The minimum atomic E-state index is -0.322. The van der Waals surface area contributed by atoms with Crippen LogP contribution in [0.2, 0.25) is 0 Å². The first kappa shape index (κ1) is 14.0. The molecule has 0 aromatic heterocycles. The first-order chi connectivity index (χ1) is 8.10. The quantitative estimate of drug-likeness (QED) is 0.709. The lowest BCUT2D eigenvalue weighted by Gasteiger charge is -2.31. The minimum absolute atomic E-state index is 0.252. The second-order valence-corrected chi connectivity index (χ2v) is 4.64. The molecule has 0 amide bonds.